The number of esters is 1. The Morgan fingerprint density at radius 3 is 2.39 bits per heavy atom. The summed E-state index contributed by atoms with van der Waals surface area (Å²) in [5.74, 6) is -0.945. The van der Waals surface area contributed by atoms with E-state index in [9.17, 15) is 14.4 Å². The van der Waals surface area contributed by atoms with E-state index in [2.05, 4.69) is 5.32 Å². The van der Waals surface area contributed by atoms with Gasteiger partial charge in [-0.1, -0.05) is 48.5 Å². The summed E-state index contributed by atoms with van der Waals surface area (Å²) < 4.78 is 5.26. The van der Waals surface area contributed by atoms with Gasteiger partial charge in [0.05, 0.1) is 17.0 Å². The molecular formula is C22H19NO4S. The van der Waals surface area contributed by atoms with Gasteiger partial charge in [0.15, 0.2) is 6.61 Å². The van der Waals surface area contributed by atoms with Crippen LogP contribution in [0.1, 0.15) is 31.8 Å². The third kappa shape index (κ3) is 4.92. The first-order chi connectivity index (χ1) is 13.5. The Kier molecular flexibility index (Phi) is 6.34. The molecule has 0 saturated heterocycles. The molecule has 3 rings (SSSR count). The molecule has 0 aliphatic heterocycles. The van der Waals surface area contributed by atoms with Gasteiger partial charge in [0.1, 0.15) is 0 Å². The fourth-order valence-corrected chi connectivity index (χ4v) is 3.52. The van der Waals surface area contributed by atoms with Gasteiger partial charge in [0.25, 0.3) is 0 Å². The third-order valence-electron chi connectivity index (χ3n) is 4.01. The molecule has 1 N–H and O–H groups in total. The highest BCUT2D eigenvalue weighted by atomic mass is 32.1. The molecule has 0 spiro atoms. The summed E-state index contributed by atoms with van der Waals surface area (Å²) in [5, 5.41) is 2.68. The molecule has 28 heavy (non-hydrogen) atoms. The van der Waals surface area contributed by atoms with Crippen LogP contribution < -0.4 is 5.32 Å². The lowest BCUT2D eigenvalue weighted by Gasteiger charge is -2.09. The fraction of sp³-hybridized carbons (Fsp3) is 0.136. The first kappa shape index (κ1) is 19.5. The summed E-state index contributed by atoms with van der Waals surface area (Å²) in [6.45, 7) is 1.48. The van der Waals surface area contributed by atoms with E-state index in [1.807, 2.05) is 42.5 Å². The number of nitrogens with one attached hydrogen (secondary N) is 1. The van der Waals surface area contributed by atoms with Crippen molar-refractivity contribution in [1.29, 1.82) is 0 Å². The van der Waals surface area contributed by atoms with Crippen LogP contribution in [0.2, 0.25) is 0 Å². The molecule has 2 aromatic carbocycles. The van der Waals surface area contributed by atoms with Gasteiger partial charge in [0.2, 0.25) is 11.7 Å². The fourth-order valence-electron chi connectivity index (χ4n) is 2.64. The Hall–Kier alpha value is -3.25. The number of amides is 1. The molecule has 1 heterocycles. The predicted molar refractivity (Wildman–Crippen MR) is 108 cm³/mol. The van der Waals surface area contributed by atoms with Crippen LogP contribution in [-0.2, 0) is 16.1 Å². The molecule has 0 saturated carbocycles. The average Bonchev–Trinajstić information content (AvgIpc) is 3.20. The van der Waals surface area contributed by atoms with Crippen molar-refractivity contribution >= 4 is 29.0 Å². The maximum atomic E-state index is 12.5. The molecule has 5 nitrogen and oxygen atoms in total. The molecule has 0 unspecified atom stereocenters. The molecule has 1 aromatic heterocycles. The SMILES string of the molecule is CC(=O)NCc1ccc(C(=O)COC(=O)c2ccccc2-c2ccccc2)s1. The van der Waals surface area contributed by atoms with Crippen LogP contribution in [0.5, 0.6) is 0 Å². The van der Waals surface area contributed by atoms with Gasteiger partial charge in [-0.25, -0.2) is 4.79 Å². The minimum atomic E-state index is -0.539. The molecule has 142 valence electrons. The zero-order valence-electron chi connectivity index (χ0n) is 15.3. The van der Waals surface area contributed by atoms with Crippen molar-refractivity contribution in [3.63, 3.8) is 0 Å². The number of benzene rings is 2. The molecule has 1 amide bonds. The maximum absolute atomic E-state index is 12.5. The van der Waals surface area contributed by atoms with E-state index in [-0.39, 0.29) is 18.3 Å². The van der Waals surface area contributed by atoms with Crippen molar-refractivity contribution in [3.05, 3.63) is 82.0 Å². The van der Waals surface area contributed by atoms with Gasteiger partial charge in [-0.2, -0.15) is 0 Å². The first-order valence-corrected chi connectivity index (χ1v) is 9.54. The van der Waals surface area contributed by atoms with Crippen molar-refractivity contribution in [3.8, 4) is 11.1 Å². The van der Waals surface area contributed by atoms with Crippen LogP contribution in [-0.4, -0.2) is 24.3 Å². The Morgan fingerprint density at radius 1 is 0.929 bits per heavy atom. The van der Waals surface area contributed by atoms with Crippen LogP contribution >= 0.6 is 11.3 Å². The van der Waals surface area contributed by atoms with Crippen LogP contribution in [0.4, 0.5) is 0 Å². The molecule has 0 radical (unpaired) electrons. The minimum Gasteiger partial charge on any atom is -0.454 e. The number of Topliss-reactive ketones (excluding diaryl/α,β-unsaturated/α-hetero) is 1. The van der Waals surface area contributed by atoms with Crippen LogP contribution in [0.25, 0.3) is 11.1 Å². The zero-order chi connectivity index (χ0) is 19.9. The summed E-state index contributed by atoms with van der Waals surface area (Å²) in [5.41, 5.74) is 2.08. The van der Waals surface area contributed by atoms with Crippen molar-refractivity contribution in [2.45, 2.75) is 13.5 Å². The van der Waals surface area contributed by atoms with Crippen LogP contribution in [0, 0.1) is 0 Å². The monoisotopic (exact) mass is 393 g/mol. The molecular weight excluding hydrogens is 374 g/mol. The number of hydrogen-bond acceptors (Lipinski definition) is 5. The van der Waals surface area contributed by atoms with Crippen molar-refractivity contribution in [2.24, 2.45) is 0 Å². The lowest BCUT2D eigenvalue weighted by atomic mass is 10.00. The van der Waals surface area contributed by atoms with E-state index < -0.39 is 5.97 Å². The van der Waals surface area contributed by atoms with Gasteiger partial charge in [-0.15, -0.1) is 11.3 Å². The topological polar surface area (TPSA) is 72.5 Å². The molecule has 0 bridgehead atoms. The van der Waals surface area contributed by atoms with Crippen molar-refractivity contribution in [1.82, 2.24) is 5.32 Å². The molecule has 0 aliphatic carbocycles. The van der Waals surface area contributed by atoms with Gasteiger partial charge in [-0.05, 0) is 29.3 Å². The first-order valence-electron chi connectivity index (χ1n) is 8.72. The lowest BCUT2D eigenvalue weighted by Crippen LogP contribution is -2.18. The predicted octanol–water partition coefficient (Wildman–Crippen LogP) is 4.09. The van der Waals surface area contributed by atoms with E-state index in [4.69, 9.17) is 4.74 Å². The van der Waals surface area contributed by atoms with Crippen molar-refractivity contribution in [2.75, 3.05) is 6.61 Å². The number of rotatable bonds is 7. The second-order valence-electron chi connectivity index (χ2n) is 6.09. The van der Waals surface area contributed by atoms with Gasteiger partial charge in [0, 0.05) is 11.8 Å². The highest BCUT2D eigenvalue weighted by molar-refractivity contribution is 7.14. The number of hydrogen-bond donors (Lipinski definition) is 1. The summed E-state index contributed by atoms with van der Waals surface area (Å²) in [4.78, 5) is 37.2. The van der Waals surface area contributed by atoms with Gasteiger partial charge < -0.3 is 10.1 Å². The number of ketones is 1. The van der Waals surface area contributed by atoms with Gasteiger partial charge >= 0.3 is 5.97 Å². The van der Waals surface area contributed by atoms with Crippen LogP contribution in [0.15, 0.2) is 66.7 Å². The number of ether oxygens (including phenoxy) is 1. The van der Waals surface area contributed by atoms with E-state index in [0.29, 0.717) is 17.0 Å². The standard InChI is InChI=1S/C22H19NO4S/c1-15(24)23-13-17-11-12-21(28-17)20(25)14-27-22(26)19-10-6-5-9-18(19)16-7-3-2-4-8-16/h2-12H,13-14H2,1H3,(H,23,24). The highest BCUT2D eigenvalue weighted by Gasteiger charge is 2.17. The molecule has 0 atom stereocenters. The van der Waals surface area contributed by atoms with E-state index in [0.717, 1.165) is 16.0 Å². The molecule has 6 heteroatoms. The normalized spacial score (nSPS) is 10.3. The molecule has 0 fully saturated rings. The molecule has 0 aliphatic rings. The Morgan fingerprint density at radius 2 is 1.64 bits per heavy atom. The zero-order valence-corrected chi connectivity index (χ0v) is 16.1. The van der Waals surface area contributed by atoms with E-state index in [1.165, 1.54) is 18.3 Å². The van der Waals surface area contributed by atoms with Crippen molar-refractivity contribution < 1.29 is 19.1 Å². The smallest absolute Gasteiger partial charge is 0.339 e. The molecule has 3 aromatic rings. The number of carbonyl (C=O) groups excluding carboxylic acids is 3. The summed E-state index contributed by atoms with van der Waals surface area (Å²) in [6, 6.07) is 20.1. The quantitative estimate of drug-likeness (QED) is 0.485. The lowest BCUT2D eigenvalue weighted by molar-refractivity contribution is -0.119. The van der Waals surface area contributed by atoms with Gasteiger partial charge in [-0.3, -0.25) is 9.59 Å². The number of thiophene rings is 1. The van der Waals surface area contributed by atoms with E-state index >= 15 is 0 Å². The second kappa shape index (κ2) is 9.10. The Balaban J connectivity index is 1.65. The Labute approximate surface area is 167 Å². The minimum absolute atomic E-state index is 0.132. The van der Waals surface area contributed by atoms with Crippen LogP contribution in [0.3, 0.4) is 0 Å². The summed E-state index contributed by atoms with van der Waals surface area (Å²) in [6.07, 6.45) is 0. The summed E-state index contributed by atoms with van der Waals surface area (Å²) in [7, 11) is 0. The summed E-state index contributed by atoms with van der Waals surface area (Å²) >= 11 is 1.27. The highest BCUT2D eigenvalue weighted by Crippen LogP contribution is 2.24. The number of carbonyl (C=O) groups is 3. The Bertz CT molecular complexity index is 995. The van der Waals surface area contributed by atoms with E-state index in [1.54, 1.807) is 24.3 Å². The largest absolute Gasteiger partial charge is 0.454 e. The third-order valence-corrected chi connectivity index (χ3v) is 5.14. The average molecular weight is 393 g/mol. The maximum Gasteiger partial charge on any atom is 0.339 e. The second-order valence-corrected chi connectivity index (χ2v) is 7.25.